The summed E-state index contributed by atoms with van der Waals surface area (Å²) >= 11 is 0. The first kappa shape index (κ1) is 19.4. The van der Waals surface area contributed by atoms with Gasteiger partial charge in [-0.2, -0.15) is 0 Å². The topological polar surface area (TPSA) is 165 Å². The summed E-state index contributed by atoms with van der Waals surface area (Å²) in [6.07, 6.45) is 0. The normalized spacial score (nSPS) is 15.1. The average molecular weight is 414 g/mol. The van der Waals surface area contributed by atoms with Crippen molar-refractivity contribution in [1.82, 2.24) is 30.9 Å². The van der Waals surface area contributed by atoms with Crippen LogP contribution in [-0.4, -0.2) is 32.7 Å². The molecule has 0 fully saturated rings. The fourth-order valence-electron chi connectivity index (χ4n) is 2.93. The Bertz CT molecular complexity index is 1010. The zero-order valence-corrected chi connectivity index (χ0v) is 16.4. The van der Waals surface area contributed by atoms with Gasteiger partial charge in [0, 0.05) is 0 Å². The van der Waals surface area contributed by atoms with Gasteiger partial charge in [0.2, 0.25) is 17.7 Å². The molecule has 1 aliphatic rings. The van der Waals surface area contributed by atoms with Crippen LogP contribution in [0.1, 0.15) is 66.4 Å². The van der Waals surface area contributed by atoms with Crippen LogP contribution in [0, 0.1) is 20.8 Å². The predicted molar refractivity (Wildman–Crippen MR) is 97.2 cm³/mol. The Hall–Kier alpha value is -3.96. The third-order valence-electron chi connectivity index (χ3n) is 4.37. The maximum Gasteiger partial charge on any atom is 0.273 e. The van der Waals surface area contributed by atoms with E-state index in [1.165, 1.54) is 0 Å². The number of rotatable bonds is 0. The number of hydrogen-bond donors (Lipinski definition) is 3. The lowest BCUT2D eigenvalue weighted by Crippen LogP contribution is -2.26. The van der Waals surface area contributed by atoms with Crippen LogP contribution in [0.3, 0.4) is 0 Å². The molecular weight excluding hydrogens is 396 g/mol. The van der Waals surface area contributed by atoms with Crippen molar-refractivity contribution in [3.63, 3.8) is 0 Å². The number of hydrogen-bond acceptors (Lipinski definition) is 9. The highest BCUT2D eigenvalue weighted by Gasteiger charge is 2.23. The Morgan fingerprint density at radius 3 is 1.10 bits per heavy atom. The highest BCUT2D eigenvalue weighted by Crippen LogP contribution is 2.14. The van der Waals surface area contributed by atoms with Crippen molar-refractivity contribution in [2.75, 3.05) is 0 Å². The van der Waals surface area contributed by atoms with Gasteiger partial charge in [0.05, 0.1) is 19.6 Å². The molecule has 4 rings (SSSR count). The number of carbonyl (C=O) groups excluding carboxylic acids is 3. The van der Waals surface area contributed by atoms with Crippen LogP contribution in [0.5, 0.6) is 0 Å². The summed E-state index contributed by atoms with van der Waals surface area (Å²) in [6, 6.07) is 0. The van der Waals surface area contributed by atoms with Gasteiger partial charge in [-0.15, -0.1) is 0 Å². The van der Waals surface area contributed by atoms with Crippen molar-refractivity contribution in [3.05, 3.63) is 52.0 Å². The van der Waals surface area contributed by atoms with E-state index in [0.29, 0.717) is 17.3 Å². The van der Waals surface area contributed by atoms with Gasteiger partial charge >= 0.3 is 0 Å². The van der Waals surface area contributed by atoms with Crippen molar-refractivity contribution < 1.29 is 27.6 Å². The first-order valence-electron chi connectivity index (χ1n) is 9.05. The largest absolute Gasteiger partial charge is 0.443 e. The van der Waals surface area contributed by atoms with E-state index < -0.39 is 17.7 Å². The number of oxazole rings is 3. The Kier molecular flexibility index (Phi) is 4.82. The quantitative estimate of drug-likeness (QED) is 0.479. The van der Waals surface area contributed by atoms with Crippen molar-refractivity contribution in [2.24, 2.45) is 0 Å². The zero-order valence-electron chi connectivity index (χ0n) is 16.4. The van der Waals surface area contributed by atoms with Gasteiger partial charge in [-0.25, -0.2) is 15.0 Å². The minimum Gasteiger partial charge on any atom is -0.443 e. The standard InChI is InChI=1S/C18H18N6O6/c1-7-13-16(25)19-5-11-23-15(9(3)29-11)18(27)21-6-12-24-14(8(2)30-12)17(26)20-4-10(22-13)28-7/h4-6H2,1-3H3,(H,19,25)(H,20,26)(H,21,27). The molecule has 0 saturated heterocycles. The first-order valence-corrected chi connectivity index (χ1v) is 9.05. The van der Waals surface area contributed by atoms with Crippen molar-refractivity contribution >= 4 is 17.7 Å². The molecule has 0 atom stereocenters. The third-order valence-corrected chi connectivity index (χ3v) is 4.37. The predicted octanol–water partition coefficient (Wildman–Crippen LogP) is 0.679. The van der Waals surface area contributed by atoms with Gasteiger partial charge in [0.1, 0.15) is 17.3 Å². The molecule has 1 aliphatic heterocycles. The van der Waals surface area contributed by atoms with Crippen LogP contribution >= 0.6 is 0 Å². The van der Waals surface area contributed by atoms with Crippen LogP contribution in [0.2, 0.25) is 0 Å². The van der Waals surface area contributed by atoms with Crippen molar-refractivity contribution in [1.29, 1.82) is 0 Å². The van der Waals surface area contributed by atoms with E-state index in [4.69, 9.17) is 13.3 Å². The van der Waals surface area contributed by atoms with Crippen LogP contribution in [0.25, 0.3) is 0 Å². The summed E-state index contributed by atoms with van der Waals surface area (Å²) in [5, 5.41) is 7.84. The number of carbonyl (C=O) groups is 3. The van der Waals surface area contributed by atoms with E-state index in [1.54, 1.807) is 20.8 Å². The summed E-state index contributed by atoms with van der Waals surface area (Å²) in [7, 11) is 0. The second-order valence-corrected chi connectivity index (χ2v) is 6.59. The van der Waals surface area contributed by atoms with E-state index in [9.17, 15) is 14.4 Å². The molecule has 0 aromatic carbocycles. The van der Waals surface area contributed by atoms with Gasteiger partial charge < -0.3 is 29.2 Å². The first-order chi connectivity index (χ1) is 14.3. The van der Waals surface area contributed by atoms with E-state index in [-0.39, 0.29) is 54.4 Å². The lowest BCUT2D eigenvalue weighted by molar-refractivity contribution is 0.0934. The number of nitrogens with zero attached hydrogens (tertiary/aromatic N) is 3. The molecule has 3 aromatic rings. The highest BCUT2D eigenvalue weighted by molar-refractivity contribution is 5.94. The maximum atomic E-state index is 12.4. The Morgan fingerprint density at radius 1 is 0.567 bits per heavy atom. The zero-order chi connectivity index (χ0) is 21.4. The van der Waals surface area contributed by atoms with Gasteiger partial charge in [-0.3, -0.25) is 14.4 Å². The lowest BCUT2D eigenvalue weighted by Gasteiger charge is -2.01. The monoisotopic (exact) mass is 414 g/mol. The smallest absolute Gasteiger partial charge is 0.273 e. The Labute approximate surface area is 169 Å². The van der Waals surface area contributed by atoms with Crippen LogP contribution in [-0.2, 0) is 19.6 Å². The van der Waals surface area contributed by atoms with Crippen LogP contribution in [0.15, 0.2) is 13.3 Å². The minimum atomic E-state index is -0.506. The molecule has 0 radical (unpaired) electrons. The summed E-state index contributed by atoms with van der Waals surface area (Å²) < 4.78 is 16.4. The molecular formula is C18H18N6O6. The molecule has 3 aromatic heterocycles. The SMILES string of the molecule is Cc1oc2nc1C(=O)NCc1nc(c(C)o1)C(=O)NCc1nc(c(C)o1)C(=O)NC2. The Balaban J connectivity index is 1.67. The van der Waals surface area contributed by atoms with E-state index >= 15 is 0 Å². The summed E-state index contributed by atoms with van der Waals surface area (Å²) in [6.45, 7) is 4.61. The number of nitrogens with one attached hydrogen (secondary N) is 3. The van der Waals surface area contributed by atoms with Crippen LogP contribution < -0.4 is 16.0 Å². The molecule has 0 aliphatic carbocycles. The highest BCUT2D eigenvalue weighted by atomic mass is 16.4. The number of aromatic nitrogens is 3. The number of fused-ring (bicyclic) bond motifs is 6. The fraction of sp³-hybridized carbons (Fsp3) is 0.333. The maximum absolute atomic E-state index is 12.4. The van der Waals surface area contributed by atoms with Crippen LogP contribution in [0.4, 0.5) is 0 Å². The Morgan fingerprint density at radius 2 is 0.833 bits per heavy atom. The summed E-state index contributed by atoms with van der Waals surface area (Å²) in [4.78, 5) is 49.6. The lowest BCUT2D eigenvalue weighted by atomic mass is 10.3. The third kappa shape index (κ3) is 3.66. The summed E-state index contributed by atoms with van der Waals surface area (Å²) in [5.41, 5.74) is 0.213. The second-order valence-electron chi connectivity index (χ2n) is 6.59. The van der Waals surface area contributed by atoms with Gasteiger partial charge in [-0.1, -0.05) is 0 Å². The molecule has 6 bridgehead atoms. The summed E-state index contributed by atoms with van der Waals surface area (Å²) in [5.74, 6) is -0.161. The van der Waals surface area contributed by atoms with E-state index in [0.717, 1.165) is 0 Å². The van der Waals surface area contributed by atoms with Crippen molar-refractivity contribution in [3.8, 4) is 0 Å². The molecule has 12 heteroatoms. The molecule has 0 saturated carbocycles. The molecule has 0 unspecified atom stereocenters. The molecule has 3 amide bonds. The average Bonchev–Trinajstić information content (AvgIpc) is 3.38. The second kappa shape index (κ2) is 7.46. The number of amides is 3. The fourth-order valence-corrected chi connectivity index (χ4v) is 2.93. The van der Waals surface area contributed by atoms with Gasteiger partial charge in [0.25, 0.3) is 17.7 Å². The molecule has 30 heavy (non-hydrogen) atoms. The van der Waals surface area contributed by atoms with Gasteiger partial charge in [0.15, 0.2) is 17.1 Å². The number of aryl methyl sites for hydroxylation is 3. The molecule has 12 nitrogen and oxygen atoms in total. The van der Waals surface area contributed by atoms with E-state index in [2.05, 4.69) is 30.9 Å². The molecule has 4 heterocycles. The van der Waals surface area contributed by atoms with Crippen molar-refractivity contribution in [2.45, 2.75) is 40.4 Å². The molecule has 0 spiro atoms. The minimum absolute atomic E-state index is 0.0480. The van der Waals surface area contributed by atoms with E-state index in [1.807, 2.05) is 0 Å². The molecule has 156 valence electrons. The van der Waals surface area contributed by atoms with Gasteiger partial charge in [-0.05, 0) is 20.8 Å². The molecule has 3 N–H and O–H groups in total.